The molecule has 0 aliphatic heterocycles. The van der Waals surface area contributed by atoms with Gasteiger partial charge in [0.05, 0.1) is 10.6 Å². The van der Waals surface area contributed by atoms with Crippen LogP contribution in [0.15, 0.2) is 18.2 Å². The van der Waals surface area contributed by atoms with Gasteiger partial charge in [-0.3, -0.25) is 0 Å². The number of methoxy groups -OCH3 is 1. The largest absolute Gasteiger partial charge is 0.480 e. The molecule has 1 unspecified atom stereocenters. The first kappa shape index (κ1) is 15.3. The molecule has 0 aliphatic rings. The predicted molar refractivity (Wildman–Crippen MR) is 72.3 cm³/mol. The number of ether oxygens (including phenoxy) is 1. The molecule has 19 heavy (non-hydrogen) atoms. The Kier molecular flexibility index (Phi) is 6.13. The van der Waals surface area contributed by atoms with E-state index in [1.165, 1.54) is 0 Å². The van der Waals surface area contributed by atoms with Gasteiger partial charge >= 0.3 is 5.97 Å². The lowest BCUT2D eigenvalue weighted by Crippen LogP contribution is -2.29. The van der Waals surface area contributed by atoms with Gasteiger partial charge in [0.1, 0.15) is 12.1 Å². The number of anilines is 1. The summed E-state index contributed by atoms with van der Waals surface area (Å²) in [6.07, 6.45) is 1.09. The number of carbonyl (C=O) groups is 1. The fourth-order valence-corrected chi connectivity index (χ4v) is 1.81. The van der Waals surface area contributed by atoms with E-state index in [4.69, 9.17) is 26.7 Å². The van der Waals surface area contributed by atoms with Crippen molar-refractivity contribution in [3.8, 4) is 6.07 Å². The SMILES string of the molecule is COCCCC(Nc1ccc(C#N)c(Cl)c1)C(=O)O. The summed E-state index contributed by atoms with van der Waals surface area (Å²) in [7, 11) is 1.57. The van der Waals surface area contributed by atoms with Gasteiger partial charge in [-0.15, -0.1) is 0 Å². The number of carboxylic acid groups (broad SMARTS) is 1. The molecule has 0 spiro atoms. The summed E-state index contributed by atoms with van der Waals surface area (Å²) in [4.78, 5) is 11.1. The van der Waals surface area contributed by atoms with Gasteiger partial charge in [-0.25, -0.2) is 4.79 Å². The Bertz CT molecular complexity index is 485. The highest BCUT2D eigenvalue weighted by Crippen LogP contribution is 2.21. The Labute approximate surface area is 116 Å². The second-order valence-corrected chi connectivity index (χ2v) is 4.38. The Morgan fingerprint density at radius 2 is 2.37 bits per heavy atom. The smallest absolute Gasteiger partial charge is 0.326 e. The molecule has 0 amide bonds. The number of hydrogen-bond donors (Lipinski definition) is 2. The van der Waals surface area contributed by atoms with Crippen molar-refractivity contribution in [1.82, 2.24) is 0 Å². The van der Waals surface area contributed by atoms with Crippen LogP contribution in [0.25, 0.3) is 0 Å². The maximum atomic E-state index is 11.1. The molecular formula is C13H15ClN2O3. The maximum absolute atomic E-state index is 11.1. The van der Waals surface area contributed by atoms with Crippen molar-refractivity contribution in [3.63, 3.8) is 0 Å². The molecule has 0 radical (unpaired) electrons. The van der Waals surface area contributed by atoms with Crippen molar-refractivity contribution in [3.05, 3.63) is 28.8 Å². The minimum absolute atomic E-state index is 0.300. The molecule has 2 N–H and O–H groups in total. The van der Waals surface area contributed by atoms with E-state index in [0.717, 1.165) is 0 Å². The molecule has 0 bridgehead atoms. The number of hydrogen-bond acceptors (Lipinski definition) is 4. The van der Waals surface area contributed by atoms with Crippen molar-refractivity contribution in [2.75, 3.05) is 19.0 Å². The molecule has 5 nitrogen and oxygen atoms in total. The number of carboxylic acids is 1. The number of rotatable bonds is 7. The van der Waals surface area contributed by atoms with Gasteiger partial charge in [0.15, 0.2) is 0 Å². The molecule has 0 fully saturated rings. The predicted octanol–water partition coefficient (Wildman–Crippen LogP) is 2.50. The lowest BCUT2D eigenvalue weighted by atomic mass is 10.1. The Hall–Kier alpha value is -1.77. The first-order valence-electron chi connectivity index (χ1n) is 5.76. The number of halogens is 1. The minimum Gasteiger partial charge on any atom is -0.480 e. The second kappa shape index (κ2) is 7.62. The maximum Gasteiger partial charge on any atom is 0.326 e. The van der Waals surface area contributed by atoms with Crippen molar-refractivity contribution in [1.29, 1.82) is 5.26 Å². The van der Waals surface area contributed by atoms with Gasteiger partial charge in [-0.2, -0.15) is 5.26 Å². The molecule has 0 saturated heterocycles. The monoisotopic (exact) mass is 282 g/mol. The zero-order chi connectivity index (χ0) is 14.3. The molecule has 1 aromatic carbocycles. The van der Waals surface area contributed by atoms with Crippen LogP contribution in [0.1, 0.15) is 18.4 Å². The summed E-state index contributed by atoms with van der Waals surface area (Å²) in [6.45, 7) is 0.513. The van der Waals surface area contributed by atoms with E-state index in [1.807, 2.05) is 6.07 Å². The van der Waals surface area contributed by atoms with E-state index in [-0.39, 0.29) is 0 Å². The molecule has 1 atom stereocenters. The highest BCUT2D eigenvalue weighted by Gasteiger charge is 2.17. The summed E-state index contributed by atoms with van der Waals surface area (Å²) < 4.78 is 4.89. The van der Waals surface area contributed by atoms with Crippen molar-refractivity contribution in [2.24, 2.45) is 0 Å². The summed E-state index contributed by atoms with van der Waals surface area (Å²) in [6, 6.07) is 5.98. The molecule has 1 rings (SSSR count). The van der Waals surface area contributed by atoms with Crippen molar-refractivity contribution >= 4 is 23.3 Å². The fraction of sp³-hybridized carbons (Fsp3) is 0.385. The summed E-state index contributed by atoms with van der Waals surface area (Å²) >= 11 is 5.89. The minimum atomic E-state index is -0.934. The normalized spacial score (nSPS) is 11.6. The van der Waals surface area contributed by atoms with Crippen molar-refractivity contribution in [2.45, 2.75) is 18.9 Å². The number of nitrogens with one attached hydrogen (secondary N) is 1. The lowest BCUT2D eigenvalue weighted by Gasteiger charge is -2.15. The number of benzene rings is 1. The summed E-state index contributed by atoms with van der Waals surface area (Å²) in [5.41, 5.74) is 0.937. The third-order valence-corrected chi connectivity index (χ3v) is 2.88. The van der Waals surface area contributed by atoms with E-state index < -0.39 is 12.0 Å². The Morgan fingerprint density at radius 3 is 2.89 bits per heavy atom. The quantitative estimate of drug-likeness (QED) is 0.751. The van der Waals surface area contributed by atoms with E-state index in [9.17, 15) is 4.79 Å². The van der Waals surface area contributed by atoms with Gasteiger partial charge in [0.2, 0.25) is 0 Å². The van der Waals surface area contributed by atoms with E-state index in [1.54, 1.807) is 25.3 Å². The molecule has 0 heterocycles. The zero-order valence-electron chi connectivity index (χ0n) is 10.5. The number of nitriles is 1. The summed E-state index contributed by atoms with van der Waals surface area (Å²) in [5.74, 6) is -0.934. The molecule has 6 heteroatoms. The van der Waals surface area contributed by atoms with Crippen LogP contribution in [0.2, 0.25) is 5.02 Å². The van der Waals surface area contributed by atoms with Crippen LogP contribution in [0.4, 0.5) is 5.69 Å². The topological polar surface area (TPSA) is 82.3 Å². The van der Waals surface area contributed by atoms with Gasteiger partial charge in [0, 0.05) is 19.4 Å². The third kappa shape index (κ3) is 4.78. The average Bonchev–Trinajstić information content (AvgIpc) is 2.38. The highest BCUT2D eigenvalue weighted by molar-refractivity contribution is 6.32. The zero-order valence-corrected chi connectivity index (χ0v) is 11.3. The van der Waals surface area contributed by atoms with Gasteiger partial charge in [-0.05, 0) is 31.0 Å². The summed E-state index contributed by atoms with van der Waals surface area (Å²) in [5, 5.41) is 21.1. The first-order chi connectivity index (χ1) is 9.08. The Morgan fingerprint density at radius 1 is 1.63 bits per heavy atom. The highest BCUT2D eigenvalue weighted by atomic mass is 35.5. The van der Waals surface area contributed by atoms with Gasteiger partial charge in [-0.1, -0.05) is 11.6 Å². The fourth-order valence-electron chi connectivity index (χ4n) is 1.59. The number of nitrogens with zero attached hydrogens (tertiary/aromatic N) is 1. The number of aliphatic carboxylic acids is 1. The van der Waals surface area contributed by atoms with Crippen LogP contribution in [0.5, 0.6) is 0 Å². The molecule has 0 saturated carbocycles. The van der Waals surface area contributed by atoms with Crippen LogP contribution in [-0.4, -0.2) is 30.8 Å². The third-order valence-electron chi connectivity index (χ3n) is 2.57. The van der Waals surface area contributed by atoms with Crippen molar-refractivity contribution < 1.29 is 14.6 Å². The average molecular weight is 283 g/mol. The van der Waals surface area contributed by atoms with E-state index >= 15 is 0 Å². The molecule has 0 aliphatic carbocycles. The second-order valence-electron chi connectivity index (χ2n) is 3.98. The van der Waals surface area contributed by atoms with E-state index in [2.05, 4.69) is 5.32 Å². The van der Waals surface area contributed by atoms with Gasteiger partial charge in [0.25, 0.3) is 0 Å². The molecule has 0 aromatic heterocycles. The molecular weight excluding hydrogens is 268 g/mol. The standard InChI is InChI=1S/C13H15ClN2O3/c1-19-6-2-3-12(13(17)18)16-10-5-4-9(8-15)11(14)7-10/h4-5,7,12,16H,2-3,6H2,1H3,(H,17,18). The molecule has 1 aromatic rings. The van der Waals surface area contributed by atoms with Crippen LogP contribution >= 0.6 is 11.6 Å². The van der Waals surface area contributed by atoms with Crippen LogP contribution in [-0.2, 0) is 9.53 Å². The van der Waals surface area contributed by atoms with Crippen LogP contribution in [0, 0.1) is 11.3 Å². The van der Waals surface area contributed by atoms with Crippen LogP contribution in [0.3, 0.4) is 0 Å². The Balaban J connectivity index is 2.71. The van der Waals surface area contributed by atoms with Crippen LogP contribution < -0.4 is 5.32 Å². The van der Waals surface area contributed by atoms with Gasteiger partial charge < -0.3 is 15.2 Å². The van der Waals surface area contributed by atoms with E-state index in [0.29, 0.717) is 35.7 Å². The molecule has 102 valence electrons. The first-order valence-corrected chi connectivity index (χ1v) is 6.14. The lowest BCUT2D eigenvalue weighted by molar-refractivity contribution is -0.138.